The van der Waals surface area contributed by atoms with Crippen LogP contribution in [0.5, 0.6) is 0 Å². The minimum atomic E-state index is 0.428. The summed E-state index contributed by atoms with van der Waals surface area (Å²) >= 11 is 1.79. The van der Waals surface area contributed by atoms with Crippen LogP contribution < -0.4 is 0 Å². The first-order chi connectivity index (χ1) is 10.7. The molecule has 5 nitrogen and oxygen atoms in total. The molecule has 0 amide bonds. The molecule has 114 valence electrons. The summed E-state index contributed by atoms with van der Waals surface area (Å²) in [5, 5.41) is 9.89. The zero-order chi connectivity index (χ0) is 15.1. The van der Waals surface area contributed by atoms with Gasteiger partial charge in [-0.2, -0.15) is 0 Å². The number of hydrogen-bond acceptors (Lipinski definition) is 5. The summed E-state index contributed by atoms with van der Waals surface area (Å²) in [6.45, 7) is 8.09. The van der Waals surface area contributed by atoms with Gasteiger partial charge < -0.3 is 4.57 Å². The average Bonchev–Trinajstić information content (AvgIpc) is 3.09. The second-order valence-corrected chi connectivity index (χ2v) is 7.18. The first-order valence-electron chi connectivity index (χ1n) is 7.69. The first kappa shape index (κ1) is 13.8. The molecule has 0 spiro atoms. The maximum atomic E-state index is 4.73. The summed E-state index contributed by atoms with van der Waals surface area (Å²) in [4.78, 5) is 7.14. The SMILES string of the molecule is CC(C)c1nnc2n1CCN(Cc1nc3ccccc3s1)C2. The van der Waals surface area contributed by atoms with Crippen molar-refractivity contribution in [2.24, 2.45) is 0 Å². The van der Waals surface area contributed by atoms with E-state index in [-0.39, 0.29) is 0 Å². The third kappa shape index (κ3) is 2.42. The highest BCUT2D eigenvalue weighted by molar-refractivity contribution is 7.18. The zero-order valence-electron chi connectivity index (χ0n) is 12.9. The lowest BCUT2D eigenvalue weighted by atomic mass is 10.2. The minimum Gasteiger partial charge on any atom is -0.312 e. The lowest BCUT2D eigenvalue weighted by Crippen LogP contribution is -2.34. The monoisotopic (exact) mass is 313 g/mol. The van der Waals surface area contributed by atoms with Crippen molar-refractivity contribution >= 4 is 21.6 Å². The molecule has 3 aromatic rings. The Labute approximate surface area is 133 Å². The van der Waals surface area contributed by atoms with Crippen LogP contribution in [0.4, 0.5) is 0 Å². The van der Waals surface area contributed by atoms with Crippen LogP contribution in [0, 0.1) is 0 Å². The van der Waals surface area contributed by atoms with E-state index >= 15 is 0 Å². The molecule has 0 unspecified atom stereocenters. The Bertz CT molecular complexity index is 771. The molecule has 0 N–H and O–H groups in total. The fourth-order valence-electron chi connectivity index (χ4n) is 2.97. The number of aromatic nitrogens is 4. The van der Waals surface area contributed by atoms with Crippen molar-refractivity contribution in [3.8, 4) is 0 Å². The molecule has 4 rings (SSSR count). The van der Waals surface area contributed by atoms with Crippen LogP contribution in [0.25, 0.3) is 10.2 Å². The standard InChI is InChI=1S/C16H19N5S/c1-11(2)16-19-18-14-9-20(7-8-21(14)16)10-15-17-12-5-3-4-6-13(12)22-15/h3-6,11H,7-10H2,1-2H3. The van der Waals surface area contributed by atoms with Gasteiger partial charge in [0.25, 0.3) is 0 Å². The van der Waals surface area contributed by atoms with E-state index in [1.165, 1.54) is 9.71 Å². The van der Waals surface area contributed by atoms with Crippen molar-refractivity contribution < 1.29 is 0 Å². The molecule has 0 radical (unpaired) electrons. The van der Waals surface area contributed by atoms with Crippen molar-refractivity contribution in [1.29, 1.82) is 0 Å². The number of rotatable bonds is 3. The second kappa shape index (κ2) is 5.44. The van der Waals surface area contributed by atoms with Gasteiger partial charge in [0.15, 0.2) is 0 Å². The maximum Gasteiger partial charge on any atom is 0.147 e. The summed E-state index contributed by atoms with van der Waals surface area (Å²) in [7, 11) is 0. The van der Waals surface area contributed by atoms with Gasteiger partial charge >= 0.3 is 0 Å². The Morgan fingerprint density at radius 2 is 2.05 bits per heavy atom. The number of para-hydroxylation sites is 1. The van der Waals surface area contributed by atoms with Gasteiger partial charge in [-0.3, -0.25) is 4.90 Å². The molecular weight excluding hydrogens is 294 g/mol. The van der Waals surface area contributed by atoms with Gasteiger partial charge in [-0.15, -0.1) is 21.5 Å². The van der Waals surface area contributed by atoms with E-state index in [0.717, 1.165) is 43.3 Å². The third-order valence-corrected chi connectivity index (χ3v) is 5.10. The molecule has 1 aliphatic heterocycles. The van der Waals surface area contributed by atoms with Crippen LogP contribution in [0.3, 0.4) is 0 Å². The highest BCUT2D eigenvalue weighted by Crippen LogP contribution is 2.24. The van der Waals surface area contributed by atoms with E-state index in [4.69, 9.17) is 4.98 Å². The largest absolute Gasteiger partial charge is 0.312 e. The summed E-state index contributed by atoms with van der Waals surface area (Å²) in [5.74, 6) is 2.61. The summed E-state index contributed by atoms with van der Waals surface area (Å²) in [6.07, 6.45) is 0. The van der Waals surface area contributed by atoms with Gasteiger partial charge in [-0.1, -0.05) is 26.0 Å². The molecule has 2 aromatic heterocycles. The Balaban J connectivity index is 1.52. The third-order valence-electron chi connectivity index (χ3n) is 4.07. The van der Waals surface area contributed by atoms with Crippen molar-refractivity contribution in [2.75, 3.05) is 6.54 Å². The molecule has 0 saturated carbocycles. The normalized spacial score (nSPS) is 15.6. The average molecular weight is 313 g/mol. The van der Waals surface area contributed by atoms with Crippen molar-refractivity contribution in [3.05, 3.63) is 40.9 Å². The predicted octanol–water partition coefficient (Wildman–Crippen LogP) is 3.03. The van der Waals surface area contributed by atoms with Crippen LogP contribution in [0.1, 0.15) is 36.4 Å². The van der Waals surface area contributed by atoms with Crippen LogP contribution in [-0.2, 0) is 19.6 Å². The number of thiazole rings is 1. The van der Waals surface area contributed by atoms with Crippen LogP contribution in [-0.4, -0.2) is 31.2 Å². The second-order valence-electron chi connectivity index (χ2n) is 6.07. The van der Waals surface area contributed by atoms with Gasteiger partial charge in [-0.25, -0.2) is 4.98 Å². The van der Waals surface area contributed by atoms with Gasteiger partial charge in [-0.05, 0) is 12.1 Å². The highest BCUT2D eigenvalue weighted by Gasteiger charge is 2.23. The van der Waals surface area contributed by atoms with Gasteiger partial charge in [0.1, 0.15) is 16.7 Å². The lowest BCUT2D eigenvalue weighted by molar-refractivity contribution is 0.206. The van der Waals surface area contributed by atoms with E-state index in [1.807, 2.05) is 6.07 Å². The molecule has 22 heavy (non-hydrogen) atoms. The number of fused-ring (bicyclic) bond motifs is 2. The fourth-order valence-corrected chi connectivity index (χ4v) is 3.98. The van der Waals surface area contributed by atoms with E-state index in [2.05, 4.69) is 51.7 Å². The van der Waals surface area contributed by atoms with E-state index in [9.17, 15) is 0 Å². The molecule has 1 aromatic carbocycles. The molecular formula is C16H19N5S. The smallest absolute Gasteiger partial charge is 0.147 e. The number of benzene rings is 1. The Morgan fingerprint density at radius 1 is 1.18 bits per heavy atom. The summed E-state index contributed by atoms with van der Waals surface area (Å²) in [6, 6.07) is 8.33. The summed E-state index contributed by atoms with van der Waals surface area (Å²) in [5.41, 5.74) is 1.10. The predicted molar refractivity (Wildman–Crippen MR) is 87.8 cm³/mol. The summed E-state index contributed by atoms with van der Waals surface area (Å²) < 4.78 is 3.54. The Morgan fingerprint density at radius 3 is 2.86 bits per heavy atom. The molecule has 0 bridgehead atoms. The Kier molecular flexibility index (Phi) is 3.43. The van der Waals surface area contributed by atoms with Crippen LogP contribution >= 0.6 is 11.3 Å². The lowest BCUT2D eigenvalue weighted by Gasteiger charge is -2.27. The highest BCUT2D eigenvalue weighted by atomic mass is 32.1. The number of hydrogen-bond donors (Lipinski definition) is 0. The molecule has 1 aliphatic rings. The van der Waals surface area contributed by atoms with E-state index < -0.39 is 0 Å². The van der Waals surface area contributed by atoms with E-state index in [1.54, 1.807) is 11.3 Å². The molecule has 0 atom stereocenters. The van der Waals surface area contributed by atoms with Gasteiger partial charge in [0.05, 0.1) is 23.3 Å². The molecule has 6 heteroatoms. The molecule has 0 fully saturated rings. The first-order valence-corrected chi connectivity index (χ1v) is 8.51. The van der Waals surface area contributed by atoms with Crippen LogP contribution in [0.2, 0.25) is 0 Å². The molecule has 0 aliphatic carbocycles. The van der Waals surface area contributed by atoms with Gasteiger partial charge in [0, 0.05) is 19.0 Å². The minimum absolute atomic E-state index is 0.428. The van der Waals surface area contributed by atoms with Gasteiger partial charge in [0.2, 0.25) is 0 Å². The van der Waals surface area contributed by atoms with Crippen molar-refractivity contribution in [1.82, 2.24) is 24.6 Å². The Hall–Kier alpha value is -1.79. The maximum absolute atomic E-state index is 4.73. The fraction of sp³-hybridized carbons (Fsp3) is 0.438. The zero-order valence-corrected chi connectivity index (χ0v) is 13.7. The number of nitrogens with zero attached hydrogens (tertiary/aromatic N) is 5. The topological polar surface area (TPSA) is 46.8 Å². The molecule has 0 saturated heterocycles. The quantitative estimate of drug-likeness (QED) is 0.746. The van der Waals surface area contributed by atoms with Crippen molar-refractivity contribution in [2.45, 2.75) is 39.4 Å². The van der Waals surface area contributed by atoms with Crippen molar-refractivity contribution in [3.63, 3.8) is 0 Å². The van der Waals surface area contributed by atoms with Crippen LogP contribution in [0.15, 0.2) is 24.3 Å². The van der Waals surface area contributed by atoms with E-state index in [0.29, 0.717) is 5.92 Å². The molecule has 3 heterocycles.